The average Bonchev–Trinajstić information content (AvgIpc) is 2.63. The number of hydrogen-bond donors (Lipinski definition) is 3. The van der Waals surface area contributed by atoms with Crippen molar-refractivity contribution in [3.8, 4) is 5.75 Å². The average molecular weight is 343 g/mol. The Morgan fingerprint density at radius 2 is 2.00 bits per heavy atom. The zero-order valence-electron chi connectivity index (χ0n) is 14.3. The summed E-state index contributed by atoms with van der Waals surface area (Å²) in [5.74, 6) is 1.18. The zero-order chi connectivity index (χ0) is 17.4. The largest absolute Gasteiger partial charge is 0.508 e. The monoisotopic (exact) mass is 343 g/mol. The van der Waals surface area contributed by atoms with Crippen molar-refractivity contribution in [3.05, 3.63) is 29.8 Å². The van der Waals surface area contributed by atoms with Gasteiger partial charge in [-0.25, -0.2) is 0 Å². The molecule has 3 aliphatic heterocycles. The molecule has 4 rings (SSSR count). The summed E-state index contributed by atoms with van der Waals surface area (Å²) in [5.41, 5.74) is 0.523. The number of benzene rings is 1. The van der Waals surface area contributed by atoms with Gasteiger partial charge in [0.1, 0.15) is 5.75 Å². The number of carbonyl (C=O) groups is 2. The normalized spacial score (nSPS) is 31.4. The van der Waals surface area contributed by atoms with Crippen LogP contribution in [0.5, 0.6) is 5.75 Å². The molecule has 0 unspecified atom stereocenters. The van der Waals surface area contributed by atoms with Crippen molar-refractivity contribution >= 4 is 11.8 Å². The van der Waals surface area contributed by atoms with Crippen LogP contribution in [0.25, 0.3) is 0 Å². The summed E-state index contributed by atoms with van der Waals surface area (Å²) in [5, 5.41) is 15.9. The van der Waals surface area contributed by atoms with Crippen molar-refractivity contribution in [2.45, 2.75) is 37.8 Å². The van der Waals surface area contributed by atoms with Crippen LogP contribution in [0.3, 0.4) is 0 Å². The molecule has 3 fully saturated rings. The third-order valence-electron chi connectivity index (χ3n) is 6.00. The fourth-order valence-corrected chi connectivity index (χ4v) is 4.81. The van der Waals surface area contributed by atoms with E-state index in [4.69, 9.17) is 0 Å². The highest BCUT2D eigenvalue weighted by atomic mass is 16.3. The van der Waals surface area contributed by atoms with Crippen LogP contribution >= 0.6 is 0 Å². The van der Waals surface area contributed by atoms with E-state index < -0.39 is 0 Å². The summed E-state index contributed by atoms with van der Waals surface area (Å²) in [6.07, 6.45) is 3.83. The lowest BCUT2D eigenvalue weighted by molar-refractivity contribution is -0.148. The highest BCUT2D eigenvalue weighted by Crippen LogP contribution is 2.39. The van der Waals surface area contributed by atoms with Gasteiger partial charge in [-0.3, -0.25) is 9.59 Å². The Hall–Kier alpha value is -2.08. The van der Waals surface area contributed by atoms with Gasteiger partial charge in [0.25, 0.3) is 5.91 Å². The molecule has 1 aromatic rings. The molecule has 1 aromatic carbocycles. The highest BCUT2D eigenvalue weighted by Gasteiger charge is 2.47. The summed E-state index contributed by atoms with van der Waals surface area (Å²) >= 11 is 0. The molecule has 3 N–H and O–H groups in total. The molecule has 3 saturated heterocycles. The van der Waals surface area contributed by atoms with Gasteiger partial charge in [-0.05, 0) is 61.9 Å². The number of nitrogens with one attached hydrogen (secondary N) is 2. The number of carbonyl (C=O) groups excluding carboxylic acids is 2. The van der Waals surface area contributed by atoms with E-state index >= 15 is 0 Å². The molecule has 6 nitrogen and oxygen atoms in total. The lowest BCUT2D eigenvalue weighted by atomic mass is 9.72. The zero-order valence-corrected chi connectivity index (χ0v) is 14.3. The third kappa shape index (κ3) is 3.11. The van der Waals surface area contributed by atoms with Crippen LogP contribution < -0.4 is 10.6 Å². The Kier molecular flexibility index (Phi) is 4.37. The van der Waals surface area contributed by atoms with Crippen molar-refractivity contribution in [2.75, 3.05) is 19.6 Å². The van der Waals surface area contributed by atoms with Crippen LogP contribution in [0.15, 0.2) is 24.3 Å². The SMILES string of the molecule is O=C(NC[C@H]1[C@@H]2CNC[C@@H](C2)[C@@H]2CCCC(=O)N21)c1ccc(O)cc1. The Morgan fingerprint density at radius 1 is 1.24 bits per heavy atom. The molecular formula is C19H25N3O3. The molecule has 3 heterocycles. The van der Waals surface area contributed by atoms with Crippen molar-refractivity contribution < 1.29 is 14.7 Å². The number of phenols is 1. The van der Waals surface area contributed by atoms with Gasteiger partial charge in [-0.1, -0.05) is 0 Å². The van der Waals surface area contributed by atoms with Gasteiger partial charge in [-0.2, -0.15) is 0 Å². The van der Waals surface area contributed by atoms with Crippen molar-refractivity contribution in [3.63, 3.8) is 0 Å². The maximum absolute atomic E-state index is 12.6. The molecule has 0 aliphatic carbocycles. The molecule has 6 heteroatoms. The number of aromatic hydroxyl groups is 1. The van der Waals surface area contributed by atoms with E-state index in [0.717, 1.165) is 32.4 Å². The first kappa shape index (κ1) is 16.4. The number of piperidine rings is 3. The fourth-order valence-electron chi connectivity index (χ4n) is 4.81. The van der Waals surface area contributed by atoms with Crippen molar-refractivity contribution in [1.29, 1.82) is 0 Å². The van der Waals surface area contributed by atoms with Crippen molar-refractivity contribution in [2.24, 2.45) is 11.8 Å². The topological polar surface area (TPSA) is 81.7 Å². The van der Waals surface area contributed by atoms with E-state index in [9.17, 15) is 14.7 Å². The van der Waals surface area contributed by atoms with Crippen LogP contribution in [0.4, 0.5) is 0 Å². The maximum atomic E-state index is 12.6. The van der Waals surface area contributed by atoms with E-state index in [1.807, 2.05) is 0 Å². The summed E-state index contributed by atoms with van der Waals surface area (Å²) in [6.45, 7) is 2.39. The first-order valence-electron chi connectivity index (χ1n) is 9.22. The summed E-state index contributed by atoms with van der Waals surface area (Å²) in [6, 6.07) is 6.63. The van der Waals surface area contributed by atoms with Crippen molar-refractivity contribution in [1.82, 2.24) is 15.5 Å². The third-order valence-corrected chi connectivity index (χ3v) is 6.00. The molecule has 0 spiro atoms. The predicted molar refractivity (Wildman–Crippen MR) is 93.2 cm³/mol. The minimum atomic E-state index is -0.160. The minimum absolute atomic E-state index is 0.0721. The van der Waals surface area contributed by atoms with Crippen LogP contribution in [0.2, 0.25) is 0 Å². The maximum Gasteiger partial charge on any atom is 0.251 e. The van der Waals surface area contributed by atoms with Gasteiger partial charge in [0.05, 0.1) is 6.04 Å². The number of rotatable bonds is 3. The van der Waals surface area contributed by atoms with Gasteiger partial charge < -0.3 is 20.6 Å². The van der Waals surface area contributed by atoms with Crippen LogP contribution in [-0.4, -0.2) is 53.5 Å². The molecule has 134 valence electrons. The quantitative estimate of drug-likeness (QED) is 0.768. The van der Waals surface area contributed by atoms with Gasteiger partial charge in [0.15, 0.2) is 0 Å². The first-order valence-corrected chi connectivity index (χ1v) is 9.22. The van der Waals surface area contributed by atoms with Gasteiger partial charge in [-0.15, -0.1) is 0 Å². The van der Waals surface area contributed by atoms with Gasteiger partial charge in [0, 0.05) is 31.1 Å². The molecule has 2 bridgehead atoms. The molecule has 4 atom stereocenters. The van der Waals surface area contributed by atoms with E-state index in [-0.39, 0.29) is 23.6 Å². The summed E-state index contributed by atoms with van der Waals surface area (Å²) in [4.78, 5) is 27.1. The molecule has 0 radical (unpaired) electrons. The number of nitrogens with zero attached hydrogens (tertiary/aromatic N) is 1. The second-order valence-electron chi connectivity index (χ2n) is 7.50. The van der Waals surface area contributed by atoms with Gasteiger partial charge in [0.2, 0.25) is 5.91 Å². The van der Waals surface area contributed by atoms with Gasteiger partial charge >= 0.3 is 0 Å². The van der Waals surface area contributed by atoms with E-state index in [0.29, 0.717) is 36.4 Å². The lowest BCUT2D eigenvalue weighted by Crippen LogP contribution is -2.66. The number of phenolic OH excluding ortho intramolecular Hbond substituents is 1. The number of amides is 2. The molecular weight excluding hydrogens is 318 g/mol. The molecule has 3 aliphatic rings. The van der Waals surface area contributed by atoms with Crippen LogP contribution in [0, 0.1) is 11.8 Å². The predicted octanol–water partition coefficient (Wildman–Crippen LogP) is 1.11. The summed E-state index contributed by atoms with van der Waals surface area (Å²) < 4.78 is 0. The minimum Gasteiger partial charge on any atom is -0.508 e. The fraction of sp³-hybridized carbons (Fsp3) is 0.579. The molecule has 25 heavy (non-hydrogen) atoms. The number of fused-ring (bicyclic) bond motifs is 4. The van der Waals surface area contributed by atoms with E-state index in [1.165, 1.54) is 12.1 Å². The lowest BCUT2D eigenvalue weighted by Gasteiger charge is -2.54. The Bertz CT molecular complexity index is 660. The second-order valence-corrected chi connectivity index (χ2v) is 7.50. The number of hydrogen-bond acceptors (Lipinski definition) is 4. The first-order chi connectivity index (χ1) is 12.1. The Labute approximate surface area is 147 Å². The Morgan fingerprint density at radius 3 is 2.80 bits per heavy atom. The molecule has 2 amide bonds. The van der Waals surface area contributed by atoms with Crippen LogP contribution in [-0.2, 0) is 4.79 Å². The summed E-state index contributed by atoms with van der Waals surface area (Å²) in [7, 11) is 0. The van der Waals surface area contributed by atoms with Crippen LogP contribution in [0.1, 0.15) is 36.0 Å². The highest BCUT2D eigenvalue weighted by molar-refractivity contribution is 5.94. The standard InChI is InChI=1S/C19H25N3O3/c23-15-6-4-12(5-7-15)19(25)21-11-17-14-8-13(9-20-10-14)16-2-1-3-18(24)22(16)17/h4-7,13-14,16-17,20,23H,1-3,8-11H2,(H,21,25)/t13-,14+,16+,17+/m1/s1. The smallest absolute Gasteiger partial charge is 0.251 e. The molecule has 0 aromatic heterocycles. The van der Waals surface area contributed by atoms with E-state index in [2.05, 4.69) is 15.5 Å². The molecule has 0 saturated carbocycles. The second kappa shape index (κ2) is 6.67. The van der Waals surface area contributed by atoms with E-state index in [1.54, 1.807) is 12.1 Å². The Balaban J connectivity index is 1.48.